The number of fused-ring (bicyclic) bond motifs is 1. The molecule has 0 radical (unpaired) electrons. The van der Waals surface area contributed by atoms with Crippen LogP contribution in [-0.4, -0.2) is 57.0 Å². The van der Waals surface area contributed by atoms with Crippen molar-refractivity contribution in [1.29, 1.82) is 0 Å². The molecule has 2 aliphatic carbocycles. The smallest absolute Gasteiger partial charge is 0.317 e. The summed E-state index contributed by atoms with van der Waals surface area (Å²) in [5, 5.41) is 12.0. The van der Waals surface area contributed by atoms with Crippen LogP contribution in [0.25, 0.3) is 11.0 Å². The summed E-state index contributed by atoms with van der Waals surface area (Å²) < 4.78 is 13.7. The molecule has 3 N–H and O–H groups in total. The molecule has 2 aromatic rings. The molecule has 2 fully saturated rings. The molecule has 0 spiro atoms. The molecule has 0 atom stereocenters. The average Bonchev–Trinajstić information content (AvgIpc) is 3.22. The highest BCUT2D eigenvalue weighted by Crippen LogP contribution is 2.34. The fourth-order valence-corrected chi connectivity index (χ4v) is 3.60. The van der Waals surface area contributed by atoms with Crippen molar-refractivity contribution in [2.75, 3.05) is 13.1 Å². The molecular formula is C18H21FN4O3. The Morgan fingerprint density at radius 2 is 2.12 bits per heavy atom. The SMILES string of the molecule is O=C(O)CN(CC1CC1)C1CC(NC(=O)c2cc(F)cc3[nH]cnc23)C1. The van der Waals surface area contributed by atoms with Gasteiger partial charge in [-0.15, -0.1) is 0 Å². The van der Waals surface area contributed by atoms with Crippen LogP contribution in [0.15, 0.2) is 18.5 Å². The molecule has 138 valence electrons. The highest BCUT2D eigenvalue weighted by atomic mass is 19.1. The topological polar surface area (TPSA) is 98.3 Å². The summed E-state index contributed by atoms with van der Waals surface area (Å²) in [5.74, 6) is -1.05. The Balaban J connectivity index is 1.37. The van der Waals surface area contributed by atoms with Crippen molar-refractivity contribution in [2.24, 2.45) is 5.92 Å². The number of nitrogens with zero attached hydrogens (tertiary/aromatic N) is 2. The Bertz CT molecular complexity index is 842. The molecule has 0 saturated heterocycles. The number of hydrogen-bond donors (Lipinski definition) is 3. The molecule has 26 heavy (non-hydrogen) atoms. The van der Waals surface area contributed by atoms with Gasteiger partial charge in [-0.3, -0.25) is 14.5 Å². The van der Waals surface area contributed by atoms with E-state index in [0.717, 1.165) is 6.54 Å². The van der Waals surface area contributed by atoms with Crippen molar-refractivity contribution < 1.29 is 19.1 Å². The minimum absolute atomic E-state index is 0.0275. The van der Waals surface area contributed by atoms with Gasteiger partial charge in [0.2, 0.25) is 0 Å². The lowest BCUT2D eigenvalue weighted by Gasteiger charge is -2.42. The normalized spacial score (nSPS) is 22.4. The van der Waals surface area contributed by atoms with E-state index in [-0.39, 0.29) is 30.1 Å². The first-order valence-corrected chi connectivity index (χ1v) is 8.89. The summed E-state index contributed by atoms with van der Waals surface area (Å²) in [7, 11) is 0. The van der Waals surface area contributed by atoms with Gasteiger partial charge in [-0.1, -0.05) is 0 Å². The third kappa shape index (κ3) is 3.55. The van der Waals surface area contributed by atoms with Gasteiger partial charge in [0.05, 0.1) is 24.0 Å². The molecule has 1 amide bonds. The molecule has 0 aliphatic heterocycles. The molecule has 2 aliphatic rings. The number of carboxylic acid groups (broad SMARTS) is 1. The van der Waals surface area contributed by atoms with Crippen LogP contribution in [0.3, 0.4) is 0 Å². The van der Waals surface area contributed by atoms with Crippen LogP contribution in [0.4, 0.5) is 4.39 Å². The molecule has 1 aromatic heterocycles. The first-order chi connectivity index (χ1) is 12.5. The Labute approximate surface area is 149 Å². The zero-order chi connectivity index (χ0) is 18.3. The van der Waals surface area contributed by atoms with Gasteiger partial charge in [0.25, 0.3) is 5.91 Å². The number of carboxylic acids is 1. The molecule has 8 heteroatoms. The fraction of sp³-hybridized carbons (Fsp3) is 0.500. The number of carbonyl (C=O) groups excluding carboxylic acids is 1. The maximum atomic E-state index is 13.7. The van der Waals surface area contributed by atoms with Crippen LogP contribution in [0.5, 0.6) is 0 Å². The van der Waals surface area contributed by atoms with Crippen LogP contribution in [0.1, 0.15) is 36.0 Å². The summed E-state index contributed by atoms with van der Waals surface area (Å²) in [5.41, 5.74) is 1.14. The van der Waals surface area contributed by atoms with Gasteiger partial charge in [0.15, 0.2) is 0 Å². The number of aromatic amines is 1. The van der Waals surface area contributed by atoms with Crippen LogP contribution in [0, 0.1) is 11.7 Å². The van der Waals surface area contributed by atoms with Crippen molar-refractivity contribution in [3.8, 4) is 0 Å². The standard InChI is InChI=1S/C18H21FN4O3/c19-11-3-14(17-15(4-11)20-9-21-17)18(26)22-12-5-13(6-12)23(8-16(24)25)7-10-1-2-10/h3-4,9-10,12-13H,1-2,5-8H2,(H,20,21)(H,22,26)(H,24,25). The summed E-state index contributed by atoms with van der Waals surface area (Å²) in [4.78, 5) is 32.5. The summed E-state index contributed by atoms with van der Waals surface area (Å²) in [6.45, 7) is 0.856. The van der Waals surface area contributed by atoms with E-state index < -0.39 is 11.8 Å². The van der Waals surface area contributed by atoms with Crippen LogP contribution < -0.4 is 5.32 Å². The van der Waals surface area contributed by atoms with E-state index in [0.29, 0.717) is 29.8 Å². The molecule has 4 rings (SSSR count). The van der Waals surface area contributed by atoms with Gasteiger partial charge in [0, 0.05) is 18.6 Å². The third-order valence-electron chi connectivity index (χ3n) is 5.23. The Kier molecular flexibility index (Phi) is 4.36. The predicted molar refractivity (Wildman–Crippen MR) is 92.3 cm³/mol. The first-order valence-electron chi connectivity index (χ1n) is 8.89. The molecule has 0 bridgehead atoms. The lowest BCUT2D eigenvalue weighted by atomic mass is 9.85. The first kappa shape index (κ1) is 17.0. The zero-order valence-corrected chi connectivity index (χ0v) is 14.2. The molecule has 7 nitrogen and oxygen atoms in total. The van der Waals surface area contributed by atoms with E-state index in [2.05, 4.69) is 15.3 Å². The monoisotopic (exact) mass is 360 g/mol. The van der Waals surface area contributed by atoms with Gasteiger partial charge in [0.1, 0.15) is 11.3 Å². The number of benzene rings is 1. The van der Waals surface area contributed by atoms with Gasteiger partial charge in [-0.05, 0) is 43.7 Å². The number of aromatic nitrogens is 2. The number of amides is 1. The Morgan fingerprint density at radius 3 is 2.81 bits per heavy atom. The summed E-state index contributed by atoms with van der Waals surface area (Å²) in [6, 6.07) is 2.65. The lowest BCUT2D eigenvalue weighted by Crippen LogP contribution is -2.55. The molecule has 1 aromatic carbocycles. The summed E-state index contributed by atoms with van der Waals surface area (Å²) >= 11 is 0. The number of rotatable bonds is 7. The van der Waals surface area contributed by atoms with Gasteiger partial charge < -0.3 is 15.4 Å². The number of imidazole rings is 1. The van der Waals surface area contributed by atoms with E-state index in [1.54, 1.807) is 0 Å². The number of hydrogen-bond acceptors (Lipinski definition) is 4. The zero-order valence-electron chi connectivity index (χ0n) is 14.2. The average molecular weight is 360 g/mol. The van der Waals surface area contributed by atoms with E-state index >= 15 is 0 Å². The van der Waals surface area contributed by atoms with Crippen molar-refractivity contribution in [3.05, 3.63) is 29.8 Å². The number of H-pyrrole nitrogens is 1. The van der Waals surface area contributed by atoms with Gasteiger partial charge >= 0.3 is 5.97 Å². The van der Waals surface area contributed by atoms with E-state index in [4.69, 9.17) is 5.11 Å². The van der Waals surface area contributed by atoms with Crippen LogP contribution in [0.2, 0.25) is 0 Å². The lowest BCUT2D eigenvalue weighted by molar-refractivity contribution is -0.139. The number of carbonyl (C=O) groups is 2. The Hall–Kier alpha value is -2.48. The summed E-state index contributed by atoms with van der Waals surface area (Å²) in [6.07, 6.45) is 5.20. The number of aliphatic carboxylic acids is 1. The van der Waals surface area contributed by atoms with Crippen molar-refractivity contribution in [2.45, 2.75) is 37.8 Å². The quantitative estimate of drug-likeness (QED) is 0.699. The second-order valence-electron chi connectivity index (χ2n) is 7.31. The third-order valence-corrected chi connectivity index (χ3v) is 5.23. The molecule has 2 saturated carbocycles. The van der Waals surface area contributed by atoms with Gasteiger partial charge in [-0.2, -0.15) is 0 Å². The van der Waals surface area contributed by atoms with E-state index in [1.165, 1.54) is 31.3 Å². The minimum atomic E-state index is -0.821. The van der Waals surface area contributed by atoms with Crippen molar-refractivity contribution >= 4 is 22.9 Å². The van der Waals surface area contributed by atoms with E-state index in [1.807, 2.05) is 4.90 Å². The maximum absolute atomic E-state index is 13.7. The highest BCUT2D eigenvalue weighted by Gasteiger charge is 2.38. The Morgan fingerprint density at radius 1 is 1.35 bits per heavy atom. The highest BCUT2D eigenvalue weighted by molar-refractivity contribution is 6.05. The van der Waals surface area contributed by atoms with Crippen molar-refractivity contribution in [1.82, 2.24) is 20.2 Å². The molecule has 0 unspecified atom stereocenters. The number of halogens is 1. The van der Waals surface area contributed by atoms with Crippen LogP contribution in [-0.2, 0) is 4.79 Å². The number of nitrogens with one attached hydrogen (secondary N) is 2. The predicted octanol–water partition coefficient (Wildman–Crippen LogP) is 1.76. The fourth-order valence-electron chi connectivity index (χ4n) is 3.60. The van der Waals surface area contributed by atoms with E-state index in [9.17, 15) is 14.0 Å². The second-order valence-corrected chi connectivity index (χ2v) is 7.31. The largest absolute Gasteiger partial charge is 0.480 e. The minimum Gasteiger partial charge on any atom is -0.480 e. The molecular weight excluding hydrogens is 339 g/mol. The van der Waals surface area contributed by atoms with Crippen molar-refractivity contribution in [3.63, 3.8) is 0 Å². The van der Waals surface area contributed by atoms with Gasteiger partial charge in [-0.25, -0.2) is 9.37 Å². The maximum Gasteiger partial charge on any atom is 0.317 e. The second kappa shape index (κ2) is 6.68. The molecule has 1 heterocycles. The van der Waals surface area contributed by atoms with Crippen LogP contribution >= 0.6 is 0 Å².